The number of hydrogen-bond donors (Lipinski definition) is 1. The predicted molar refractivity (Wildman–Crippen MR) is 73.1 cm³/mol. The van der Waals surface area contributed by atoms with Crippen LogP contribution in [0.5, 0.6) is 0 Å². The van der Waals surface area contributed by atoms with Crippen molar-refractivity contribution in [1.82, 2.24) is 5.32 Å². The van der Waals surface area contributed by atoms with Crippen LogP contribution < -0.4 is 5.32 Å². The molecular weight excluding hydrogens is 244 g/mol. The number of ether oxygens (including phenoxy) is 1. The summed E-state index contributed by atoms with van der Waals surface area (Å²) in [5.41, 5.74) is 1.80. The highest BCUT2D eigenvalue weighted by Gasteiger charge is 2.29. The zero-order valence-electron chi connectivity index (χ0n) is 11.4. The molecule has 1 N–H and O–H groups in total. The van der Waals surface area contributed by atoms with E-state index in [4.69, 9.17) is 4.74 Å². The Morgan fingerprint density at radius 3 is 2.95 bits per heavy atom. The fraction of sp³-hybridized carbons (Fsp3) is 0.571. The monoisotopic (exact) mass is 264 g/mol. The molecule has 0 bridgehead atoms. The Hall–Kier alpha value is -1.46. The van der Waals surface area contributed by atoms with E-state index in [1.54, 1.807) is 19.1 Å². The van der Waals surface area contributed by atoms with Gasteiger partial charge in [0, 0.05) is 31.3 Å². The minimum Gasteiger partial charge on any atom is -0.374 e. The second-order valence-electron chi connectivity index (χ2n) is 5.32. The number of rotatable bonds is 5. The van der Waals surface area contributed by atoms with Crippen LogP contribution in [0.25, 0.3) is 0 Å². The zero-order chi connectivity index (χ0) is 13.9. The van der Waals surface area contributed by atoms with Gasteiger partial charge in [0.25, 0.3) is 5.69 Å². The van der Waals surface area contributed by atoms with Gasteiger partial charge in [-0.3, -0.25) is 10.1 Å². The van der Waals surface area contributed by atoms with Crippen molar-refractivity contribution in [3.8, 4) is 0 Å². The molecule has 0 amide bonds. The van der Waals surface area contributed by atoms with E-state index in [2.05, 4.69) is 12.2 Å². The number of nitro benzene ring substituents is 1. The number of nitrogens with zero attached hydrogens (tertiary/aromatic N) is 1. The fourth-order valence-electron chi connectivity index (χ4n) is 2.50. The summed E-state index contributed by atoms with van der Waals surface area (Å²) in [6.45, 7) is 6.13. The van der Waals surface area contributed by atoms with Gasteiger partial charge < -0.3 is 10.1 Å². The summed E-state index contributed by atoms with van der Waals surface area (Å²) in [5, 5.41) is 14.2. The average molecular weight is 264 g/mol. The lowest BCUT2D eigenvalue weighted by atomic mass is 10.0. The normalized spacial score (nSPS) is 22.6. The average Bonchev–Trinajstić information content (AvgIpc) is 2.78. The highest BCUT2D eigenvalue weighted by atomic mass is 16.6. The summed E-state index contributed by atoms with van der Waals surface area (Å²) in [4.78, 5) is 10.5. The molecule has 2 rings (SSSR count). The summed E-state index contributed by atoms with van der Waals surface area (Å²) < 4.78 is 5.70. The molecule has 0 radical (unpaired) electrons. The Morgan fingerprint density at radius 1 is 1.53 bits per heavy atom. The first-order chi connectivity index (χ1) is 9.02. The van der Waals surface area contributed by atoms with Crippen LogP contribution in [-0.2, 0) is 11.3 Å². The van der Waals surface area contributed by atoms with Gasteiger partial charge in [-0.25, -0.2) is 0 Å². The molecule has 5 nitrogen and oxygen atoms in total. The molecule has 0 aliphatic carbocycles. The van der Waals surface area contributed by atoms with Crippen LogP contribution in [0.3, 0.4) is 0 Å². The van der Waals surface area contributed by atoms with Crippen molar-refractivity contribution in [3.05, 3.63) is 39.4 Å². The van der Waals surface area contributed by atoms with Crippen molar-refractivity contribution in [3.63, 3.8) is 0 Å². The fourth-order valence-corrected chi connectivity index (χ4v) is 2.50. The van der Waals surface area contributed by atoms with Crippen molar-refractivity contribution < 1.29 is 9.66 Å². The zero-order valence-corrected chi connectivity index (χ0v) is 11.4. The molecular formula is C14H20N2O3. The van der Waals surface area contributed by atoms with E-state index < -0.39 is 0 Å². The minimum absolute atomic E-state index is 0.0887. The molecule has 19 heavy (non-hydrogen) atoms. The van der Waals surface area contributed by atoms with Crippen LogP contribution in [-0.4, -0.2) is 23.7 Å². The van der Waals surface area contributed by atoms with Crippen molar-refractivity contribution in [2.75, 3.05) is 13.2 Å². The summed E-state index contributed by atoms with van der Waals surface area (Å²) in [6, 6.07) is 5.20. The van der Waals surface area contributed by atoms with Crippen LogP contribution in [0, 0.1) is 17.0 Å². The Bertz CT molecular complexity index is 468. The first kappa shape index (κ1) is 14.0. The van der Waals surface area contributed by atoms with Crippen LogP contribution in [0.15, 0.2) is 18.2 Å². The molecule has 1 aliphatic rings. The Kier molecular flexibility index (Phi) is 4.17. The molecule has 0 saturated carbocycles. The lowest BCUT2D eigenvalue weighted by Gasteiger charge is -2.23. The summed E-state index contributed by atoms with van der Waals surface area (Å²) in [5.74, 6) is 0. The van der Waals surface area contributed by atoms with Gasteiger partial charge in [-0.1, -0.05) is 12.1 Å². The molecule has 1 heterocycles. The van der Waals surface area contributed by atoms with Gasteiger partial charge in [-0.15, -0.1) is 0 Å². The smallest absolute Gasteiger partial charge is 0.272 e. The van der Waals surface area contributed by atoms with Crippen LogP contribution in [0.4, 0.5) is 5.69 Å². The first-order valence-electron chi connectivity index (χ1n) is 6.59. The maximum Gasteiger partial charge on any atom is 0.272 e. The van der Waals surface area contributed by atoms with Gasteiger partial charge in [0.15, 0.2) is 0 Å². The predicted octanol–water partition coefficient (Wildman–Crippen LogP) is 2.56. The first-order valence-corrected chi connectivity index (χ1v) is 6.59. The van der Waals surface area contributed by atoms with Gasteiger partial charge in [-0.05, 0) is 32.3 Å². The second-order valence-corrected chi connectivity index (χ2v) is 5.32. The van der Waals surface area contributed by atoms with Gasteiger partial charge in [0.2, 0.25) is 0 Å². The van der Waals surface area contributed by atoms with Gasteiger partial charge in [-0.2, -0.15) is 0 Å². The third-order valence-corrected chi connectivity index (χ3v) is 3.73. The topological polar surface area (TPSA) is 64.4 Å². The number of hydrogen-bond acceptors (Lipinski definition) is 4. The maximum absolute atomic E-state index is 10.9. The Balaban J connectivity index is 1.96. The van der Waals surface area contributed by atoms with E-state index in [-0.39, 0.29) is 16.2 Å². The summed E-state index contributed by atoms with van der Waals surface area (Å²) in [6.07, 6.45) is 2.17. The van der Waals surface area contributed by atoms with Crippen molar-refractivity contribution in [1.29, 1.82) is 0 Å². The van der Waals surface area contributed by atoms with Crippen molar-refractivity contribution in [2.24, 2.45) is 0 Å². The molecule has 104 valence electrons. The third-order valence-electron chi connectivity index (χ3n) is 3.73. The molecule has 1 aromatic rings. The Labute approximate surface area is 113 Å². The molecule has 0 spiro atoms. The number of nitrogens with one attached hydrogen (secondary N) is 1. The van der Waals surface area contributed by atoms with Crippen molar-refractivity contribution >= 4 is 5.69 Å². The number of nitro groups is 1. The standard InChI is InChI=1S/C14H20N2O3/c1-11-12(5-3-6-13(11)16(17)18)9-15-10-14(2)7-4-8-19-14/h3,5-6,15H,4,7-10H2,1-2H3. The SMILES string of the molecule is Cc1c(CNCC2(C)CCCO2)cccc1[N+](=O)[O-]. The van der Waals surface area contributed by atoms with Gasteiger partial charge >= 0.3 is 0 Å². The lowest BCUT2D eigenvalue weighted by molar-refractivity contribution is -0.385. The number of benzene rings is 1. The highest BCUT2D eigenvalue weighted by molar-refractivity contribution is 5.44. The molecule has 1 fully saturated rings. The summed E-state index contributed by atoms with van der Waals surface area (Å²) in [7, 11) is 0. The molecule has 1 aliphatic heterocycles. The molecule has 1 atom stereocenters. The van der Waals surface area contributed by atoms with E-state index in [1.807, 2.05) is 6.07 Å². The lowest BCUT2D eigenvalue weighted by Crippen LogP contribution is -2.36. The largest absolute Gasteiger partial charge is 0.374 e. The Morgan fingerprint density at radius 2 is 2.32 bits per heavy atom. The van der Waals surface area contributed by atoms with Crippen LogP contribution >= 0.6 is 0 Å². The molecule has 1 saturated heterocycles. The van der Waals surface area contributed by atoms with Gasteiger partial charge in [0.05, 0.1) is 10.5 Å². The third kappa shape index (κ3) is 3.30. The van der Waals surface area contributed by atoms with Crippen LogP contribution in [0.2, 0.25) is 0 Å². The second kappa shape index (κ2) is 5.67. The van der Waals surface area contributed by atoms with Gasteiger partial charge in [0.1, 0.15) is 0 Å². The van der Waals surface area contributed by atoms with Crippen LogP contribution in [0.1, 0.15) is 30.9 Å². The highest BCUT2D eigenvalue weighted by Crippen LogP contribution is 2.25. The van der Waals surface area contributed by atoms with E-state index in [1.165, 1.54) is 0 Å². The quantitative estimate of drug-likeness (QED) is 0.655. The van der Waals surface area contributed by atoms with E-state index >= 15 is 0 Å². The van der Waals surface area contributed by atoms with E-state index in [0.29, 0.717) is 6.54 Å². The molecule has 1 unspecified atom stereocenters. The van der Waals surface area contributed by atoms with Crippen molar-refractivity contribution in [2.45, 2.75) is 38.8 Å². The van der Waals surface area contributed by atoms with E-state index in [0.717, 1.165) is 37.1 Å². The molecule has 5 heteroatoms. The minimum atomic E-state index is -0.333. The molecule has 0 aromatic heterocycles. The maximum atomic E-state index is 10.9. The molecule has 1 aromatic carbocycles. The summed E-state index contributed by atoms with van der Waals surface area (Å²) >= 11 is 0. The van der Waals surface area contributed by atoms with E-state index in [9.17, 15) is 10.1 Å².